The minimum atomic E-state index is -1.18. The molecule has 0 saturated carbocycles. The fourth-order valence-electron chi connectivity index (χ4n) is 4.53. The number of rotatable bonds is 16. The predicted molar refractivity (Wildman–Crippen MR) is 114 cm³/mol. The molecule has 0 amide bonds. The fraction of sp³-hybridized carbons (Fsp3) is 0.957. The highest BCUT2D eigenvalue weighted by Crippen LogP contribution is 2.29. The number of likely N-dealkylation sites (N-methyl/N-ethyl adjacent to an activating group) is 1. The maximum atomic E-state index is 11.0. The zero-order valence-corrected chi connectivity index (χ0v) is 18.8. The van der Waals surface area contributed by atoms with Crippen molar-refractivity contribution in [2.45, 2.75) is 115 Å². The molecule has 0 aromatic rings. The highest BCUT2D eigenvalue weighted by Gasteiger charge is 2.45. The lowest BCUT2D eigenvalue weighted by Gasteiger charge is -2.46. The Morgan fingerprint density at radius 3 is 1.86 bits per heavy atom. The van der Waals surface area contributed by atoms with E-state index in [1.54, 1.807) is 0 Å². The largest absolute Gasteiger partial charge is 0.481 e. The van der Waals surface area contributed by atoms with Crippen LogP contribution in [0.3, 0.4) is 0 Å². The molecule has 0 bridgehead atoms. The summed E-state index contributed by atoms with van der Waals surface area (Å²) < 4.78 is 6.39. The Hall–Kier alpha value is -0.650. The second-order valence-electron chi connectivity index (χ2n) is 9.55. The number of carboxylic acid groups (broad SMARTS) is 1. The van der Waals surface area contributed by atoms with Gasteiger partial charge >= 0.3 is 5.97 Å². The Kier molecular flexibility index (Phi) is 12.3. The molecule has 2 N–H and O–H groups in total. The molecule has 0 aromatic carbocycles. The summed E-state index contributed by atoms with van der Waals surface area (Å²) in [5, 5.41) is 19.9. The summed E-state index contributed by atoms with van der Waals surface area (Å²) in [6.07, 6.45) is 17.0. The van der Waals surface area contributed by atoms with Crippen molar-refractivity contribution < 1.29 is 24.2 Å². The minimum Gasteiger partial charge on any atom is -0.481 e. The van der Waals surface area contributed by atoms with E-state index < -0.39 is 17.9 Å². The number of carboxylic acids is 1. The lowest BCUT2D eigenvalue weighted by molar-refractivity contribution is -0.915. The Labute approximate surface area is 173 Å². The lowest BCUT2D eigenvalue weighted by Crippen LogP contribution is -2.62. The predicted octanol–water partition coefficient (Wildman–Crippen LogP) is 5.11. The number of unbranched alkanes of at least 4 members (excludes halogenated alkanes) is 12. The first kappa shape index (κ1) is 25.4. The first-order valence-corrected chi connectivity index (χ1v) is 11.7. The minimum absolute atomic E-state index is 0.0391. The molecule has 28 heavy (non-hydrogen) atoms. The van der Waals surface area contributed by atoms with Gasteiger partial charge in [-0.2, -0.15) is 0 Å². The molecule has 166 valence electrons. The monoisotopic (exact) mass is 400 g/mol. The summed E-state index contributed by atoms with van der Waals surface area (Å²) in [7, 11) is 4.07. The van der Waals surface area contributed by atoms with Crippen LogP contribution in [0.25, 0.3) is 0 Å². The van der Waals surface area contributed by atoms with Crippen molar-refractivity contribution in [2.24, 2.45) is 0 Å². The number of ether oxygens (including phenoxy) is 1. The third kappa shape index (κ3) is 12.0. The number of hydrogen-bond donors (Lipinski definition) is 2. The summed E-state index contributed by atoms with van der Waals surface area (Å²) in [6.45, 7) is 3.42. The van der Waals surface area contributed by atoms with Crippen LogP contribution >= 0.6 is 0 Å². The highest BCUT2D eigenvalue weighted by molar-refractivity contribution is 5.67. The zero-order valence-electron chi connectivity index (χ0n) is 18.8. The first-order valence-electron chi connectivity index (χ1n) is 11.7. The normalized spacial score (nSPS) is 24.4. The van der Waals surface area contributed by atoms with Gasteiger partial charge in [-0.3, -0.25) is 4.79 Å². The summed E-state index contributed by atoms with van der Waals surface area (Å²) >= 11 is 0. The van der Waals surface area contributed by atoms with Gasteiger partial charge in [0.05, 0.1) is 20.5 Å². The Bertz CT molecular complexity index is 427. The molecule has 2 atom stereocenters. The molecule has 5 nitrogen and oxygen atoms in total. The smallest absolute Gasteiger partial charge is 0.306 e. The van der Waals surface area contributed by atoms with Gasteiger partial charge in [-0.1, -0.05) is 84.0 Å². The average molecular weight is 401 g/mol. The topological polar surface area (TPSA) is 66.8 Å². The van der Waals surface area contributed by atoms with Crippen molar-refractivity contribution >= 4 is 5.97 Å². The standard InChI is InChI=1S/C23H45NO4/c1-4-5-6-7-8-9-10-11-12-13-14-15-16-17-23(27)20-24(2,3)19-21(28-23)18-22(25)26/h21,27H,4-20H2,1-3H3/p+1/t21-,23-/m1/s1. The number of quaternary nitrogens is 1. The summed E-state index contributed by atoms with van der Waals surface area (Å²) in [5.74, 6) is -2.05. The second-order valence-corrected chi connectivity index (χ2v) is 9.55. The molecule has 0 unspecified atom stereocenters. The van der Waals surface area contributed by atoms with E-state index in [1.165, 1.54) is 70.6 Å². The molecule has 1 heterocycles. The van der Waals surface area contributed by atoms with Gasteiger partial charge < -0.3 is 19.4 Å². The van der Waals surface area contributed by atoms with Gasteiger partial charge in [0.15, 0.2) is 0 Å². The van der Waals surface area contributed by atoms with Crippen LogP contribution in [0.5, 0.6) is 0 Å². The Morgan fingerprint density at radius 2 is 1.39 bits per heavy atom. The Morgan fingerprint density at radius 1 is 0.929 bits per heavy atom. The second kappa shape index (κ2) is 13.6. The lowest BCUT2D eigenvalue weighted by atomic mass is 10.0. The molecule has 0 spiro atoms. The first-order chi connectivity index (χ1) is 13.3. The van der Waals surface area contributed by atoms with Crippen LogP contribution in [-0.2, 0) is 9.53 Å². The van der Waals surface area contributed by atoms with Gasteiger partial charge in [0.2, 0.25) is 5.79 Å². The summed E-state index contributed by atoms with van der Waals surface area (Å²) in [6, 6.07) is 0. The van der Waals surface area contributed by atoms with E-state index in [0.717, 1.165) is 12.8 Å². The molecule has 1 saturated heterocycles. The quantitative estimate of drug-likeness (QED) is 0.279. The van der Waals surface area contributed by atoms with Crippen molar-refractivity contribution in [3.8, 4) is 0 Å². The average Bonchev–Trinajstić information content (AvgIpc) is 2.56. The van der Waals surface area contributed by atoms with Crippen LogP contribution in [0.2, 0.25) is 0 Å². The van der Waals surface area contributed by atoms with E-state index in [4.69, 9.17) is 9.84 Å². The zero-order chi connectivity index (χ0) is 20.9. The van der Waals surface area contributed by atoms with Gasteiger partial charge in [0.1, 0.15) is 19.2 Å². The van der Waals surface area contributed by atoms with Crippen LogP contribution in [0.4, 0.5) is 0 Å². The SMILES string of the molecule is CCCCCCCCCCCCCCC[C@]1(O)C[N+](C)(C)C[C@@H](CC(=O)O)O1. The number of nitrogens with zero attached hydrogens (tertiary/aromatic N) is 1. The number of hydrogen-bond acceptors (Lipinski definition) is 3. The summed E-state index contributed by atoms with van der Waals surface area (Å²) in [4.78, 5) is 11.0. The van der Waals surface area contributed by atoms with Crippen LogP contribution < -0.4 is 0 Å². The molecule has 1 rings (SSSR count). The molecule has 0 aliphatic carbocycles. The number of carbonyl (C=O) groups is 1. The van der Waals surface area contributed by atoms with Crippen LogP contribution in [0.1, 0.15) is 103 Å². The Balaban J connectivity index is 2.07. The van der Waals surface area contributed by atoms with E-state index in [-0.39, 0.29) is 6.42 Å². The summed E-state index contributed by atoms with van der Waals surface area (Å²) in [5.41, 5.74) is 0. The van der Waals surface area contributed by atoms with Crippen molar-refractivity contribution in [2.75, 3.05) is 27.2 Å². The van der Waals surface area contributed by atoms with E-state index >= 15 is 0 Å². The number of aliphatic hydroxyl groups is 1. The molecule has 5 heteroatoms. The highest BCUT2D eigenvalue weighted by atomic mass is 16.6. The molecule has 0 aromatic heterocycles. The van der Waals surface area contributed by atoms with Gasteiger partial charge in [-0.25, -0.2) is 0 Å². The molecule has 1 fully saturated rings. The van der Waals surface area contributed by atoms with E-state index in [9.17, 15) is 9.90 Å². The van der Waals surface area contributed by atoms with Crippen molar-refractivity contribution in [1.29, 1.82) is 0 Å². The maximum Gasteiger partial charge on any atom is 0.306 e. The van der Waals surface area contributed by atoms with Crippen molar-refractivity contribution in [1.82, 2.24) is 0 Å². The van der Waals surface area contributed by atoms with Gasteiger partial charge in [0.25, 0.3) is 0 Å². The third-order valence-corrected chi connectivity index (χ3v) is 5.83. The molecule has 0 radical (unpaired) electrons. The van der Waals surface area contributed by atoms with Gasteiger partial charge in [-0.15, -0.1) is 0 Å². The van der Waals surface area contributed by atoms with Crippen molar-refractivity contribution in [3.05, 3.63) is 0 Å². The van der Waals surface area contributed by atoms with Gasteiger partial charge in [-0.05, 0) is 6.42 Å². The molecule has 1 aliphatic heterocycles. The van der Waals surface area contributed by atoms with Crippen molar-refractivity contribution in [3.63, 3.8) is 0 Å². The number of aliphatic carboxylic acids is 1. The molecule has 1 aliphatic rings. The third-order valence-electron chi connectivity index (χ3n) is 5.83. The van der Waals surface area contributed by atoms with E-state index in [0.29, 0.717) is 24.0 Å². The van der Waals surface area contributed by atoms with Crippen LogP contribution in [-0.4, -0.2) is 59.7 Å². The van der Waals surface area contributed by atoms with Crippen LogP contribution in [0, 0.1) is 0 Å². The molecular weight excluding hydrogens is 354 g/mol. The van der Waals surface area contributed by atoms with Crippen LogP contribution in [0.15, 0.2) is 0 Å². The van der Waals surface area contributed by atoms with Gasteiger partial charge in [0, 0.05) is 6.42 Å². The van der Waals surface area contributed by atoms with E-state index in [2.05, 4.69) is 6.92 Å². The van der Waals surface area contributed by atoms with E-state index in [1.807, 2.05) is 14.1 Å². The maximum absolute atomic E-state index is 11.0. The fourth-order valence-corrected chi connectivity index (χ4v) is 4.53. The number of morpholine rings is 1. The molecular formula is C23H46NO4+.